The van der Waals surface area contributed by atoms with Gasteiger partial charge in [-0.3, -0.25) is 0 Å². The standard InChI is InChI=1S/C12H21BO3/c1-6-10(8-7-9-14)13-15-11(2,3)12(4,5)16-13/h6-8,14H,9H2,1-5H3/b8-7+,10-6-. The number of hydrogen-bond donors (Lipinski definition) is 1. The van der Waals surface area contributed by atoms with Crippen LogP contribution in [-0.2, 0) is 9.31 Å². The molecule has 1 aliphatic heterocycles. The molecule has 0 aliphatic carbocycles. The topological polar surface area (TPSA) is 38.7 Å². The van der Waals surface area contributed by atoms with Crippen LogP contribution in [0.15, 0.2) is 23.7 Å². The molecule has 0 saturated carbocycles. The van der Waals surface area contributed by atoms with Crippen LogP contribution in [0.5, 0.6) is 0 Å². The maximum absolute atomic E-state index is 8.76. The Balaban J connectivity index is 2.82. The first-order chi connectivity index (χ1) is 7.34. The average molecular weight is 224 g/mol. The first-order valence-corrected chi connectivity index (χ1v) is 5.63. The summed E-state index contributed by atoms with van der Waals surface area (Å²) in [6.07, 6.45) is 5.46. The minimum Gasteiger partial charge on any atom is -0.399 e. The first kappa shape index (κ1) is 13.5. The molecular formula is C12H21BO3. The lowest BCUT2D eigenvalue weighted by Crippen LogP contribution is -2.41. The molecule has 0 atom stereocenters. The smallest absolute Gasteiger partial charge is 0.399 e. The zero-order valence-corrected chi connectivity index (χ0v) is 10.8. The fourth-order valence-electron chi connectivity index (χ4n) is 1.48. The van der Waals surface area contributed by atoms with E-state index in [4.69, 9.17) is 14.4 Å². The highest BCUT2D eigenvalue weighted by Gasteiger charge is 2.51. The van der Waals surface area contributed by atoms with E-state index in [-0.39, 0.29) is 24.9 Å². The second-order valence-corrected chi connectivity index (χ2v) is 4.96. The molecule has 0 bridgehead atoms. The van der Waals surface area contributed by atoms with E-state index in [1.165, 1.54) is 0 Å². The van der Waals surface area contributed by atoms with E-state index in [0.29, 0.717) is 0 Å². The van der Waals surface area contributed by atoms with Crippen molar-refractivity contribution in [2.45, 2.75) is 45.8 Å². The van der Waals surface area contributed by atoms with Crippen LogP contribution < -0.4 is 0 Å². The number of hydrogen-bond acceptors (Lipinski definition) is 3. The highest BCUT2D eigenvalue weighted by molar-refractivity contribution is 6.55. The highest BCUT2D eigenvalue weighted by Crippen LogP contribution is 2.38. The second kappa shape index (κ2) is 4.74. The van der Waals surface area contributed by atoms with E-state index >= 15 is 0 Å². The summed E-state index contributed by atoms with van der Waals surface area (Å²) in [5, 5.41) is 8.76. The zero-order valence-electron chi connectivity index (χ0n) is 10.8. The molecule has 1 aliphatic rings. The Morgan fingerprint density at radius 1 is 1.19 bits per heavy atom. The largest absolute Gasteiger partial charge is 0.494 e. The average Bonchev–Trinajstić information content (AvgIpc) is 2.37. The van der Waals surface area contributed by atoms with Gasteiger partial charge in [0.25, 0.3) is 0 Å². The number of allylic oxidation sites excluding steroid dienone is 3. The molecule has 0 aromatic carbocycles. The number of aliphatic hydroxyl groups is 1. The van der Waals surface area contributed by atoms with Crippen LogP contribution in [0.1, 0.15) is 34.6 Å². The molecule has 0 radical (unpaired) electrons. The lowest BCUT2D eigenvalue weighted by atomic mass is 9.78. The van der Waals surface area contributed by atoms with Crippen molar-refractivity contribution in [3.8, 4) is 0 Å². The normalized spacial score (nSPS) is 24.4. The Labute approximate surface area is 98.3 Å². The van der Waals surface area contributed by atoms with E-state index in [1.807, 2.05) is 46.8 Å². The minimum absolute atomic E-state index is 0.0246. The molecule has 1 N–H and O–H groups in total. The minimum atomic E-state index is -0.349. The Morgan fingerprint density at radius 2 is 1.69 bits per heavy atom. The lowest BCUT2D eigenvalue weighted by Gasteiger charge is -2.32. The summed E-state index contributed by atoms with van der Waals surface area (Å²) in [6, 6.07) is 0. The Kier molecular flexibility index (Phi) is 3.99. The molecule has 1 rings (SSSR count). The molecule has 1 fully saturated rings. The van der Waals surface area contributed by atoms with Crippen molar-refractivity contribution in [3.05, 3.63) is 23.7 Å². The fourth-order valence-corrected chi connectivity index (χ4v) is 1.48. The summed E-state index contributed by atoms with van der Waals surface area (Å²) in [5.41, 5.74) is 0.297. The Hall–Kier alpha value is -0.575. The molecule has 0 aromatic rings. The highest BCUT2D eigenvalue weighted by atomic mass is 16.7. The van der Waals surface area contributed by atoms with Gasteiger partial charge in [-0.15, -0.1) is 0 Å². The lowest BCUT2D eigenvalue weighted by molar-refractivity contribution is 0.00578. The van der Waals surface area contributed by atoms with Gasteiger partial charge >= 0.3 is 7.12 Å². The Morgan fingerprint density at radius 3 is 2.06 bits per heavy atom. The van der Waals surface area contributed by atoms with Gasteiger partial charge < -0.3 is 14.4 Å². The van der Waals surface area contributed by atoms with Crippen molar-refractivity contribution < 1.29 is 14.4 Å². The monoisotopic (exact) mass is 224 g/mol. The van der Waals surface area contributed by atoms with Gasteiger partial charge in [-0.1, -0.05) is 18.2 Å². The molecule has 0 spiro atoms. The molecule has 4 heteroatoms. The molecule has 90 valence electrons. The van der Waals surface area contributed by atoms with Crippen LogP contribution in [0.3, 0.4) is 0 Å². The maximum Gasteiger partial charge on any atom is 0.494 e. The summed E-state index contributed by atoms with van der Waals surface area (Å²) in [4.78, 5) is 0. The third-order valence-corrected chi connectivity index (χ3v) is 3.27. The van der Waals surface area contributed by atoms with E-state index in [0.717, 1.165) is 5.47 Å². The molecule has 3 nitrogen and oxygen atoms in total. The summed E-state index contributed by atoms with van der Waals surface area (Å²) in [6.45, 7) is 10.1. The number of rotatable bonds is 3. The van der Waals surface area contributed by atoms with Crippen LogP contribution in [0.4, 0.5) is 0 Å². The zero-order chi connectivity index (χ0) is 12.4. The van der Waals surface area contributed by atoms with Crippen LogP contribution in [-0.4, -0.2) is 30.0 Å². The van der Waals surface area contributed by atoms with Crippen LogP contribution in [0, 0.1) is 0 Å². The first-order valence-electron chi connectivity index (χ1n) is 5.63. The summed E-state index contributed by atoms with van der Waals surface area (Å²) in [7, 11) is -0.349. The maximum atomic E-state index is 8.76. The van der Waals surface area contributed by atoms with Crippen molar-refractivity contribution in [1.82, 2.24) is 0 Å². The summed E-state index contributed by atoms with van der Waals surface area (Å²) >= 11 is 0. The Bertz CT molecular complexity index is 289. The molecular weight excluding hydrogens is 203 g/mol. The van der Waals surface area contributed by atoms with Crippen molar-refractivity contribution in [1.29, 1.82) is 0 Å². The predicted molar refractivity (Wildman–Crippen MR) is 66.1 cm³/mol. The molecule has 0 unspecified atom stereocenters. The third-order valence-electron chi connectivity index (χ3n) is 3.27. The molecule has 1 heterocycles. The van der Waals surface area contributed by atoms with E-state index in [9.17, 15) is 0 Å². The third kappa shape index (κ3) is 2.57. The predicted octanol–water partition coefficient (Wildman–Crippen LogP) is 2.11. The van der Waals surface area contributed by atoms with E-state index in [2.05, 4.69) is 0 Å². The SMILES string of the molecule is C/C=C(/C=C/CO)B1OC(C)(C)C(C)(C)O1. The molecule has 0 amide bonds. The van der Waals surface area contributed by atoms with Gasteiger partial charge in [0, 0.05) is 0 Å². The van der Waals surface area contributed by atoms with Gasteiger partial charge in [-0.05, 0) is 40.1 Å². The van der Waals surface area contributed by atoms with E-state index in [1.54, 1.807) is 6.08 Å². The van der Waals surface area contributed by atoms with E-state index < -0.39 is 0 Å². The van der Waals surface area contributed by atoms with Crippen LogP contribution in [0.25, 0.3) is 0 Å². The van der Waals surface area contributed by atoms with Gasteiger partial charge in [0.2, 0.25) is 0 Å². The summed E-state index contributed by atoms with van der Waals surface area (Å²) < 4.78 is 11.8. The van der Waals surface area contributed by atoms with Gasteiger partial charge in [0.05, 0.1) is 17.8 Å². The van der Waals surface area contributed by atoms with Crippen molar-refractivity contribution in [2.75, 3.05) is 6.61 Å². The van der Waals surface area contributed by atoms with Gasteiger partial charge in [0.1, 0.15) is 0 Å². The molecule has 0 aromatic heterocycles. The van der Waals surface area contributed by atoms with Crippen LogP contribution >= 0.6 is 0 Å². The van der Waals surface area contributed by atoms with Gasteiger partial charge in [-0.25, -0.2) is 0 Å². The molecule has 16 heavy (non-hydrogen) atoms. The fraction of sp³-hybridized carbons (Fsp3) is 0.667. The summed E-state index contributed by atoms with van der Waals surface area (Å²) in [5.74, 6) is 0. The number of aliphatic hydroxyl groups excluding tert-OH is 1. The van der Waals surface area contributed by atoms with Crippen LogP contribution in [0.2, 0.25) is 0 Å². The second-order valence-electron chi connectivity index (χ2n) is 4.96. The van der Waals surface area contributed by atoms with Crippen molar-refractivity contribution in [3.63, 3.8) is 0 Å². The van der Waals surface area contributed by atoms with Crippen molar-refractivity contribution >= 4 is 7.12 Å². The van der Waals surface area contributed by atoms with Gasteiger partial charge in [-0.2, -0.15) is 0 Å². The molecule has 1 saturated heterocycles. The quantitative estimate of drug-likeness (QED) is 0.589. The van der Waals surface area contributed by atoms with Crippen molar-refractivity contribution in [2.24, 2.45) is 0 Å². The van der Waals surface area contributed by atoms with Gasteiger partial charge in [0.15, 0.2) is 0 Å².